The Labute approximate surface area is 126 Å². The lowest BCUT2D eigenvalue weighted by Crippen LogP contribution is -2.08. The van der Waals surface area contributed by atoms with Gasteiger partial charge in [-0.25, -0.2) is 0 Å². The van der Waals surface area contributed by atoms with E-state index in [1.807, 2.05) is 20.8 Å². The summed E-state index contributed by atoms with van der Waals surface area (Å²) in [6, 6.07) is 7.45. The molecule has 4 nitrogen and oxygen atoms in total. The molecule has 0 N–H and O–H groups in total. The van der Waals surface area contributed by atoms with Gasteiger partial charge in [-0.05, 0) is 58.2 Å². The molecule has 114 valence electrons. The average Bonchev–Trinajstić information content (AvgIpc) is 2.48. The van der Waals surface area contributed by atoms with E-state index in [4.69, 9.17) is 14.7 Å². The number of unbranched alkanes of at least 4 members (excludes halogenated alkanes) is 1. The Morgan fingerprint density at radius 2 is 2.00 bits per heavy atom. The predicted octanol–water partition coefficient (Wildman–Crippen LogP) is 4.00. The fourth-order valence-electron chi connectivity index (χ4n) is 1.89. The van der Waals surface area contributed by atoms with Crippen molar-refractivity contribution in [2.45, 2.75) is 40.0 Å². The third kappa shape index (κ3) is 5.86. The van der Waals surface area contributed by atoms with Crippen molar-refractivity contribution in [1.82, 2.24) is 0 Å². The number of ether oxygens (including phenoxy) is 2. The summed E-state index contributed by atoms with van der Waals surface area (Å²) < 4.78 is 11.2. The minimum Gasteiger partial charge on any atom is -0.490 e. The molecular formula is C17H23NO3. The Balaban J connectivity index is 2.48. The molecule has 4 heteroatoms. The van der Waals surface area contributed by atoms with Gasteiger partial charge in [0.15, 0.2) is 11.5 Å². The van der Waals surface area contributed by atoms with Crippen molar-refractivity contribution in [3.8, 4) is 17.6 Å². The summed E-state index contributed by atoms with van der Waals surface area (Å²) in [6.45, 7) is 6.87. The number of carbonyl (C=O) groups excluding carboxylic acids is 1. The number of aldehydes is 1. The summed E-state index contributed by atoms with van der Waals surface area (Å²) in [5, 5.41) is 8.95. The molecule has 0 heterocycles. The van der Waals surface area contributed by atoms with E-state index in [0.717, 1.165) is 25.5 Å². The standard InChI is InChI=1S/C17H23NO3/c1-4-20-16-11-14(12-19)7-8-15(16)21-10-6-5-9-17(2,3)13-18/h7-8,11-12H,4-6,9-10H2,1-3H3. The number of hydrogen-bond donors (Lipinski definition) is 0. The van der Waals surface area contributed by atoms with E-state index in [0.29, 0.717) is 30.3 Å². The molecule has 0 aliphatic rings. The number of hydrogen-bond acceptors (Lipinski definition) is 4. The van der Waals surface area contributed by atoms with Crippen LogP contribution < -0.4 is 9.47 Å². The summed E-state index contributed by atoms with van der Waals surface area (Å²) in [6.07, 6.45) is 3.47. The number of nitrogens with zero attached hydrogens (tertiary/aromatic N) is 1. The highest BCUT2D eigenvalue weighted by molar-refractivity contribution is 5.76. The normalized spacial score (nSPS) is 10.8. The van der Waals surface area contributed by atoms with Crippen LogP contribution in [0.4, 0.5) is 0 Å². The fraction of sp³-hybridized carbons (Fsp3) is 0.529. The zero-order valence-corrected chi connectivity index (χ0v) is 13.0. The number of rotatable bonds is 9. The molecule has 0 amide bonds. The van der Waals surface area contributed by atoms with Crippen LogP contribution in [0.3, 0.4) is 0 Å². The summed E-state index contributed by atoms with van der Waals surface area (Å²) in [4.78, 5) is 10.8. The highest BCUT2D eigenvalue weighted by atomic mass is 16.5. The Bertz CT molecular complexity index is 503. The van der Waals surface area contributed by atoms with E-state index in [1.165, 1.54) is 0 Å². The highest BCUT2D eigenvalue weighted by Crippen LogP contribution is 2.28. The first-order chi connectivity index (χ1) is 10.0. The molecule has 0 saturated heterocycles. The lowest BCUT2D eigenvalue weighted by molar-refractivity contribution is 0.112. The average molecular weight is 289 g/mol. The van der Waals surface area contributed by atoms with E-state index in [9.17, 15) is 4.79 Å². The van der Waals surface area contributed by atoms with Crippen molar-refractivity contribution in [1.29, 1.82) is 5.26 Å². The molecule has 0 spiro atoms. The second-order valence-corrected chi connectivity index (χ2v) is 5.56. The van der Waals surface area contributed by atoms with Crippen LogP contribution in [-0.2, 0) is 0 Å². The minimum atomic E-state index is -0.276. The van der Waals surface area contributed by atoms with Gasteiger partial charge < -0.3 is 9.47 Å². The van der Waals surface area contributed by atoms with Gasteiger partial charge in [-0.3, -0.25) is 4.79 Å². The van der Waals surface area contributed by atoms with Crippen LogP contribution in [0.1, 0.15) is 50.4 Å². The van der Waals surface area contributed by atoms with Crippen molar-refractivity contribution in [3.05, 3.63) is 23.8 Å². The largest absolute Gasteiger partial charge is 0.490 e. The molecule has 0 aliphatic heterocycles. The molecule has 0 radical (unpaired) electrons. The van der Waals surface area contributed by atoms with E-state index in [-0.39, 0.29) is 5.41 Å². The molecule has 0 atom stereocenters. The molecule has 0 fully saturated rings. The highest BCUT2D eigenvalue weighted by Gasteiger charge is 2.15. The van der Waals surface area contributed by atoms with Crippen molar-refractivity contribution in [2.75, 3.05) is 13.2 Å². The zero-order chi connectivity index (χ0) is 15.7. The van der Waals surface area contributed by atoms with Crippen molar-refractivity contribution in [2.24, 2.45) is 5.41 Å². The molecule has 1 aromatic carbocycles. The molecule has 1 rings (SSSR count). The second-order valence-electron chi connectivity index (χ2n) is 5.56. The first-order valence-corrected chi connectivity index (χ1v) is 7.28. The van der Waals surface area contributed by atoms with E-state index in [1.54, 1.807) is 18.2 Å². The number of benzene rings is 1. The third-order valence-corrected chi connectivity index (χ3v) is 3.16. The first kappa shape index (κ1) is 17.0. The molecule has 1 aromatic rings. The van der Waals surface area contributed by atoms with Gasteiger partial charge in [0, 0.05) is 5.56 Å². The van der Waals surface area contributed by atoms with E-state index < -0.39 is 0 Å². The van der Waals surface area contributed by atoms with Crippen molar-refractivity contribution in [3.63, 3.8) is 0 Å². The maximum absolute atomic E-state index is 10.8. The third-order valence-electron chi connectivity index (χ3n) is 3.16. The Kier molecular flexibility index (Phi) is 6.74. The van der Waals surface area contributed by atoms with Crippen LogP contribution in [0.2, 0.25) is 0 Å². The van der Waals surface area contributed by atoms with Crippen molar-refractivity contribution < 1.29 is 14.3 Å². The fourth-order valence-corrected chi connectivity index (χ4v) is 1.89. The topological polar surface area (TPSA) is 59.3 Å². The molecule has 0 aromatic heterocycles. The molecule has 21 heavy (non-hydrogen) atoms. The van der Waals surface area contributed by atoms with Gasteiger partial charge in [0.2, 0.25) is 0 Å². The summed E-state index contributed by atoms with van der Waals surface area (Å²) in [5.41, 5.74) is 0.295. The van der Waals surface area contributed by atoms with Gasteiger partial charge in [-0.15, -0.1) is 0 Å². The van der Waals surface area contributed by atoms with Gasteiger partial charge in [0.25, 0.3) is 0 Å². The number of nitriles is 1. The van der Waals surface area contributed by atoms with E-state index >= 15 is 0 Å². The first-order valence-electron chi connectivity index (χ1n) is 7.28. The maximum Gasteiger partial charge on any atom is 0.161 e. The Morgan fingerprint density at radius 1 is 1.24 bits per heavy atom. The molecular weight excluding hydrogens is 266 g/mol. The minimum absolute atomic E-state index is 0.276. The van der Waals surface area contributed by atoms with Crippen LogP contribution in [-0.4, -0.2) is 19.5 Å². The van der Waals surface area contributed by atoms with Gasteiger partial charge in [0.1, 0.15) is 6.29 Å². The van der Waals surface area contributed by atoms with Crippen LogP contribution in [0.5, 0.6) is 11.5 Å². The summed E-state index contributed by atoms with van der Waals surface area (Å²) >= 11 is 0. The smallest absolute Gasteiger partial charge is 0.161 e. The Morgan fingerprint density at radius 3 is 2.62 bits per heavy atom. The lowest BCUT2D eigenvalue weighted by atomic mass is 9.89. The van der Waals surface area contributed by atoms with Gasteiger partial charge in [0.05, 0.1) is 24.7 Å². The zero-order valence-electron chi connectivity index (χ0n) is 13.0. The van der Waals surface area contributed by atoms with Gasteiger partial charge in [-0.2, -0.15) is 5.26 Å². The maximum atomic E-state index is 10.8. The predicted molar refractivity (Wildman–Crippen MR) is 81.7 cm³/mol. The second kappa shape index (κ2) is 8.31. The molecule has 0 aliphatic carbocycles. The SMILES string of the molecule is CCOc1cc(C=O)ccc1OCCCCC(C)(C)C#N. The Hall–Kier alpha value is -2.02. The van der Waals surface area contributed by atoms with E-state index in [2.05, 4.69) is 6.07 Å². The van der Waals surface area contributed by atoms with Crippen molar-refractivity contribution >= 4 is 6.29 Å². The van der Waals surface area contributed by atoms with Crippen LogP contribution in [0.15, 0.2) is 18.2 Å². The molecule has 0 saturated carbocycles. The van der Waals surface area contributed by atoms with Crippen LogP contribution in [0, 0.1) is 16.7 Å². The van der Waals surface area contributed by atoms with Gasteiger partial charge >= 0.3 is 0 Å². The van der Waals surface area contributed by atoms with Crippen LogP contribution >= 0.6 is 0 Å². The summed E-state index contributed by atoms with van der Waals surface area (Å²) in [7, 11) is 0. The lowest BCUT2D eigenvalue weighted by Gasteiger charge is -2.15. The molecule has 0 bridgehead atoms. The quantitative estimate of drug-likeness (QED) is 0.509. The van der Waals surface area contributed by atoms with Gasteiger partial charge in [-0.1, -0.05) is 0 Å². The molecule has 0 unspecified atom stereocenters. The van der Waals surface area contributed by atoms with Crippen LogP contribution in [0.25, 0.3) is 0 Å². The monoisotopic (exact) mass is 289 g/mol. The number of carbonyl (C=O) groups is 1. The summed E-state index contributed by atoms with van der Waals surface area (Å²) in [5.74, 6) is 1.25.